The van der Waals surface area contributed by atoms with Crippen LogP contribution in [0.1, 0.15) is 341 Å². The number of carbonyl (C=O) groups is 1. The number of rotatable bonds is 69. The maximum Gasteiger partial charge on any atom is 0.220 e. The zero-order valence-corrected chi connectivity index (χ0v) is 64.1. The molecule has 9 N–H and O–H groups in total. The van der Waals surface area contributed by atoms with Gasteiger partial charge < -0.3 is 65.1 Å². The van der Waals surface area contributed by atoms with E-state index in [1.54, 1.807) is 6.08 Å². The molecule has 0 radical (unpaired) electrons. The number of aliphatic hydroxyl groups is 8. The summed E-state index contributed by atoms with van der Waals surface area (Å²) in [6, 6.07) is -0.946. The van der Waals surface area contributed by atoms with Gasteiger partial charge in [-0.25, -0.2) is 0 Å². The third-order valence-corrected chi connectivity index (χ3v) is 19.7. The van der Waals surface area contributed by atoms with Crippen molar-refractivity contribution in [3.63, 3.8) is 0 Å². The van der Waals surface area contributed by atoms with Crippen LogP contribution in [0.15, 0.2) is 109 Å². The van der Waals surface area contributed by atoms with Crippen molar-refractivity contribution in [2.24, 2.45) is 0 Å². The van der Waals surface area contributed by atoms with E-state index in [-0.39, 0.29) is 18.9 Å². The largest absolute Gasteiger partial charge is 0.394 e. The number of ether oxygens (including phenoxy) is 4. The highest BCUT2D eigenvalue weighted by Gasteiger charge is 2.51. The minimum absolute atomic E-state index is 0.253. The van der Waals surface area contributed by atoms with Gasteiger partial charge in [0.2, 0.25) is 5.91 Å². The van der Waals surface area contributed by atoms with E-state index in [4.69, 9.17) is 18.9 Å². The van der Waals surface area contributed by atoms with Gasteiger partial charge in [0.1, 0.15) is 48.8 Å². The van der Waals surface area contributed by atoms with E-state index in [1.165, 1.54) is 225 Å². The number of nitrogens with one attached hydrogen (secondary N) is 1. The van der Waals surface area contributed by atoms with Gasteiger partial charge in [-0.15, -0.1) is 0 Å². The number of aliphatic hydroxyl groups excluding tert-OH is 8. The van der Waals surface area contributed by atoms with Gasteiger partial charge in [0.05, 0.1) is 32.0 Å². The second-order valence-corrected chi connectivity index (χ2v) is 28.9. The lowest BCUT2D eigenvalue weighted by Crippen LogP contribution is -2.65. The van der Waals surface area contributed by atoms with Gasteiger partial charge in [0.15, 0.2) is 12.6 Å². The smallest absolute Gasteiger partial charge is 0.220 e. The summed E-state index contributed by atoms with van der Waals surface area (Å²) < 4.78 is 22.9. The molecule has 2 rings (SSSR count). The lowest BCUT2D eigenvalue weighted by molar-refractivity contribution is -0.359. The van der Waals surface area contributed by atoms with Crippen LogP contribution in [0.3, 0.4) is 0 Å². The standard InChI is InChI=1S/C87H153NO13/c1-3-5-7-9-11-13-15-17-19-21-23-25-27-29-31-33-35-37-38-39-41-43-45-47-49-51-53-55-57-59-61-63-65-67-69-71-79(92)88-75(74-98-86-84(97)82(95)85(78(73-90)100-86)101-87-83(96)81(94)80(93)77(72-89)99-87)76(91)70-68-66-64-62-60-58-56-54-52-50-48-46-44-42-40-36-34-32-30-28-26-24-22-20-18-16-14-12-10-8-6-4-2/h5,7,11,13,17,19,23,25,29,31,35,37,52,54,60,62,68,70,75-78,80-87,89-91,93-97H,3-4,6,8-10,12,14-16,18,20-22,24,26-28,30,32-34,36,38-51,53,55-59,61,63-67,69,71-74H2,1-2H3,(H,88,92)/b7-5-,13-11-,19-17-,25-23-,31-29-,37-35-,54-52+,62-60+,70-68+. The van der Waals surface area contributed by atoms with E-state index in [9.17, 15) is 45.6 Å². The Kier molecular flexibility index (Phi) is 64.7. The van der Waals surface area contributed by atoms with Gasteiger partial charge in [0, 0.05) is 6.42 Å². The fourth-order valence-electron chi connectivity index (χ4n) is 13.2. The summed E-state index contributed by atoms with van der Waals surface area (Å²) in [6.07, 6.45) is 84.7. The summed E-state index contributed by atoms with van der Waals surface area (Å²) in [7, 11) is 0. The fourth-order valence-corrected chi connectivity index (χ4v) is 13.2. The van der Waals surface area contributed by atoms with Crippen LogP contribution >= 0.6 is 0 Å². The first kappa shape index (κ1) is 93.7. The van der Waals surface area contributed by atoms with Crippen LogP contribution in [0.4, 0.5) is 0 Å². The summed E-state index contributed by atoms with van der Waals surface area (Å²) in [6.45, 7) is 2.70. The molecule has 2 saturated heterocycles. The fraction of sp³-hybridized carbons (Fsp3) is 0.782. The summed E-state index contributed by atoms with van der Waals surface area (Å²) in [5.41, 5.74) is 0. The van der Waals surface area contributed by atoms with E-state index in [2.05, 4.69) is 116 Å². The molecule has 14 heteroatoms. The molecule has 2 fully saturated rings. The third-order valence-electron chi connectivity index (χ3n) is 19.7. The average Bonchev–Trinajstić information content (AvgIpc) is 0.791. The first-order valence-corrected chi connectivity index (χ1v) is 41.6. The molecule has 0 saturated carbocycles. The number of allylic oxidation sites excluding steroid dienone is 17. The third kappa shape index (κ3) is 52.3. The SMILES string of the molecule is CC/C=C\C/C=C\C/C=C\C/C=C\C/C=C\C/C=C\CCCCCCCCCCCCCCCCCCC(=O)NC(COC1OC(CO)C(OC2OC(CO)C(O)C(O)C2O)C(O)C1O)C(O)/C=C/CC/C=C/CC/C=C/CCCCCCCCCCCCCCCCCCCCCCCC. The molecule has 0 spiro atoms. The summed E-state index contributed by atoms with van der Waals surface area (Å²) in [5, 5.41) is 87.7. The molecule has 14 nitrogen and oxygen atoms in total. The molecular formula is C87H153NO13. The Balaban J connectivity index is 1.63. The zero-order valence-electron chi connectivity index (χ0n) is 64.1. The molecule has 2 aliphatic rings. The van der Waals surface area contributed by atoms with Crippen molar-refractivity contribution in [2.45, 2.75) is 415 Å². The van der Waals surface area contributed by atoms with Gasteiger partial charge >= 0.3 is 0 Å². The van der Waals surface area contributed by atoms with Gasteiger partial charge in [-0.05, 0) is 96.3 Å². The van der Waals surface area contributed by atoms with Crippen molar-refractivity contribution in [1.82, 2.24) is 5.32 Å². The number of hydrogen-bond acceptors (Lipinski definition) is 13. The molecule has 2 heterocycles. The number of amides is 1. The molecule has 1 amide bonds. The molecule has 0 aromatic rings. The van der Waals surface area contributed by atoms with Crippen molar-refractivity contribution in [3.8, 4) is 0 Å². The Hall–Kier alpha value is -3.35. The van der Waals surface area contributed by atoms with Crippen molar-refractivity contribution in [2.75, 3.05) is 19.8 Å². The molecule has 584 valence electrons. The summed E-state index contributed by atoms with van der Waals surface area (Å²) in [5.74, 6) is -0.253. The molecule has 0 bridgehead atoms. The average molecular weight is 1420 g/mol. The van der Waals surface area contributed by atoms with Crippen molar-refractivity contribution < 1.29 is 64.6 Å². The van der Waals surface area contributed by atoms with Crippen molar-refractivity contribution in [3.05, 3.63) is 109 Å². The highest BCUT2D eigenvalue weighted by atomic mass is 16.7. The first-order chi connectivity index (χ1) is 49.6. The molecule has 12 atom stereocenters. The Bertz CT molecular complexity index is 2120. The lowest BCUT2D eigenvalue weighted by Gasteiger charge is -2.46. The van der Waals surface area contributed by atoms with Crippen LogP contribution in [-0.2, 0) is 23.7 Å². The minimum atomic E-state index is -1.80. The van der Waals surface area contributed by atoms with Gasteiger partial charge in [-0.1, -0.05) is 348 Å². The minimum Gasteiger partial charge on any atom is -0.394 e. The van der Waals surface area contributed by atoms with Crippen LogP contribution in [0, 0.1) is 0 Å². The van der Waals surface area contributed by atoms with Crippen molar-refractivity contribution >= 4 is 5.91 Å². The van der Waals surface area contributed by atoms with Crippen LogP contribution in [0.2, 0.25) is 0 Å². The second kappa shape index (κ2) is 69.7. The molecule has 0 aromatic carbocycles. The lowest BCUT2D eigenvalue weighted by atomic mass is 9.97. The Morgan fingerprint density at radius 1 is 0.366 bits per heavy atom. The number of hydrogen-bond donors (Lipinski definition) is 9. The first-order valence-electron chi connectivity index (χ1n) is 41.6. The summed E-state index contributed by atoms with van der Waals surface area (Å²) in [4.78, 5) is 13.4. The van der Waals surface area contributed by atoms with E-state index < -0.39 is 86.8 Å². The van der Waals surface area contributed by atoms with E-state index >= 15 is 0 Å². The van der Waals surface area contributed by atoms with Crippen LogP contribution in [-0.4, -0.2) is 140 Å². The summed E-state index contributed by atoms with van der Waals surface area (Å²) >= 11 is 0. The molecular weight excluding hydrogens is 1270 g/mol. The Morgan fingerprint density at radius 2 is 0.693 bits per heavy atom. The van der Waals surface area contributed by atoms with E-state index in [0.29, 0.717) is 12.8 Å². The zero-order chi connectivity index (χ0) is 73.0. The molecule has 0 aliphatic carbocycles. The topological polar surface area (TPSA) is 228 Å². The maximum absolute atomic E-state index is 13.4. The van der Waals surface area contributed by atoms with Crippen LogP contribution in [0.25, 0.3) is 0 Å². The predicted molar refractivity (Wildman–Crippen MR) is 419 cm³/mol. The highest BCUT2D eigenvalue weighted by molar-refractivity contribution is 5.76. The quantitative estimate of drug-likeness (QED) is 0.0204. The monoisotopic (exact) mass is 1420 g/mol. The Labute approximate surface area is 616 Å². The number of carbonyl (C=O) groups excluding carboxylic acids is 1. The molecule has 101 heavy (non-hydrogen) atoms. The second-order valence-electron chi connectivity index (χ2n) is 28.9. The number of unbranched alkanes of at least 4 members (excludes halogenated alkanes) is 40. The van der Waals surface area contributed by atoms with Gasteiger partial charge in [-0.3, -0.25) is 4.79 Å². The maximum atomic E-state index is 13.4. The molecule has 2 aliphatic heterocycles. The molecule has 0 aromatic heterocycles. The van der Waals surface area contributed by atoms with Gasteiger partial charge in [-0.2, -0.15) is 0 Å². The van der Waals surface area contributed by atoms with Gasteiger partial charge in [0.25, 0.3) is 0 Å². The van der Waals surface area contributed by atoms with Crippen LogP contribution in [0.5, 0.6) is 0 Å². The normalized spacial score (nSPS) is 22.3. The molecule has 12 unspecified atom stereocenters. The Morgan fingerprint density at radius 3 is 1.09 bits per heavy atom. The van der Waals surface area contributed by atoms with E-state index in [0.717, 1.165) is 83.5 Å². The van der Waals surface area contributed by atoms with Crippen molar-refractivity contribution in [1.29, 1.82) is 0 Å². The van der Waals surface area contributed by atoms with Crippen LogP contribution < -0.4 is 5.32 Å². The highest BCUT2D eigenvalue weighted by Crippen LogP contribution is 2.30. The predicted octanol–water partition coefficient (Wildman–Crippen LogP) is 19.4. The van der Waals surface area contributed by atoms with E-state index in [1.807, 2.05) is 6.08 Å².